The zero-order valence-electron chi connectivity index (χ0n) is 16.8. The van der Waals surface area contributed by atoms with Crippen molar-refractivity contribution in [2.24, 2.45) is 0 Å². The number of carbonyl (C=O) groups is 2. The summed E-state index contributed by atoms with van der Waals surface area (Å²) < 4.78 is 5.58. The summed E-state index contributed by atoms with van der Waals surface area (Å²) in [6, 6.07) is 26.0. The van der Waals surface area contributed by atoms with Crippen LogP contribution in [0.5, 0.6) is 0 Å². The van der Waals surface area contributed by atoms with Gasteiger partial charge in [0.1, 0.15) is 0 Å². The van der Waals surface area contributed by atoms with E-state index in [0.717, 1.165) is 11.1 Å². The molecule has 4 rings (SSSR count). The minimum Gasteiger partial charge on any atom is -0.451 e. The van der Waals surface area contributed by atoms with Gasteiger partial charge in [0.15, 0.2) is 6.10 Å². The van der Waals surface area contributed by atoms with Crippen molar-refractivity contribution in [2.45, 2.75) is 20.0 Å². The van der Waals surface area contributed by atoms with Gasteiger partial charge in [-0.3, -0.25) is 4.79 Å². The van der Waals surface area contributed by atoms with E-state index in [0.29, 0.717) is 27.7 Å². The fraction of sp³-hybridized carbons (Fsp3) is 0.115. The van der Waals surface area contributed by atoms with Crippen molar-refractivity contribution in [3.63, 3.8) is 0 Å². The molecule has 0 saturated carbocycles. The van der Waals surface area contributed by atoms with Crippen LogP contribution < -0.4 is 0 Å². The number of benzene rings is 3. The van der Waals surface area contributed by atoms with Crippen molar-refractivity contribution in [1.29, 1.82) is 0 Å². The molecule has 0 unspecified atom stereocenters. The summed E-state index contributed by atoms with van der Waals surface area (Å²) in [6.07, 6.45) is -0.895. The van der Waals surface area contributed by atoms with Crippen molar-refractivity contribution in [3.8, 4) is 11.3 Å². The number of esters is 1. The summed E-state index contributed by atoms with van der Waals surface area (Å²) >= 11 is 0. The molecule has 1 aromatic heterocycles. The minimum atomic E-state index is -0.895. The van der Waals surface area contributed by atoms with E-state index in [-0.39, 0.29) is 5.78 Å². The quantitative estimate of drug-likeness (QED) is 0.324. The van der Waals surface area contributed by atoms with Gasteiger partial charge >= 0.3 is 5.97 Å². The number of Topliss-reactive ketones (excluding diaryl/α,β-unsaturated/α-hetero) is 1. The lowest BCUT2D eigenvalue weighted by atomic mass is 10.0. The standard InChI is InChI=1S/C26H21NO3/c1-17-13-14-23-21(15-17)22(16-24(27-23)19-9-5-3-6-10-19)26(29)30-18(2)25(28)20-11-7-4-8-12-20/h3-16,18H,1-2H3/t18-/m1/s1. The van der Waals surface area contributed by atoms with Gasteiger partial charge in [0, 0.05) is 16.5 Å². The number of nitrogens with zero attached hydrogens (tertiary/aromatic N) is 1. The van der Waals surface area contributed by atoms with Crippen LogP contribution in [0.15, 0.2) is 84.9 Å². The van der Waals surface area contributed by atoms with E-state index in [9.17, 15) is 9.59 Å². The molecule has 0 aliphatic heterocycles. The van der Waals surface area contributed by atoms with Gasteiger partial charge in [0.2, 0.25) is 5.78 Å². The van der Waals surface area contributed by atoms with Gasteiger partial charge in [-0.05, 0) is 32.0 Å². The first-order valence-electron chi connectivity index (χ1n) is 9.80. The second kappa shape index (κ2) is 8.29. The molecule has 0 fully saturated rings. The number of hydrogen-bond donors (Lipinski definition) is 0. The first kappa shape index (κ1) is 19.5. The number of pyridine rings is 1. The molecule has 0 radical (unpaired) electrons. The maximum atomic E-state index is 13.1. The molecule has 0 aliphatic rings. The summed E-state index contributed by atoms with van der Waals surface area (Å²) in [4.78, 5) is 30.4. The average Bonchev–Trinajstić information content (AvgIpc) is 2.79. The Morgan fingerprint density at radius 1 is 0.867 bits per heavy atom. The van der Waals surface area contributed by atoms with Crippen molar-refractivity contribution < 1.29 is 14.3 Å². The van der Waals surface area contributed by atoms with Gasteiger partial charge in [-0.25, -0.2) is 9.78 Å². The fourth-order valence-corrected chi connectivity index (χ4v) is 3.38. The molecule has 1 atom stereocenters. The maximum Gasteiger partial charge on any atom is 0.339 e. The Balaban J connectivity index is 1.72. The maximum absolute atomic E-state index is 13.1. The molecule has 148 valence electrons. The van der Waals surface area contributed by atoms with Crippen LogP contribution in [0.3, 0.4) is 0 Å². The van der Waals surface area contributed by atoms with Crippen LogP contribution >= 0.6 is 0 Å². The molecular formula is C26H21NO3. The van der Waals surface area contributed by atoms with E-state index >= 15 is 0 Å². The Bertz CT molecular complexity index is 1220. The third-order valence-corrected chi connectivity index (χ3v) is 4.97. The fourth-order valence-electron chi connectivity index (χ4n) is 3.38. The molecular weight excluding hydrogens is 374 g/mol. The second-order valence-electron chi connectivity index (χ2n) is 7.22. The third kappa shape index (κ3) is 3.98. The molecule has 30 heavy (non-hydrogen) atoms. The van der Waals surface area contributed by atoms with Gasteiger partial charge < -0.3 is 4.74 Å². The first-order valence-corrected chi connectivity index (χ1v) is 9.80. The molecule has 0 N–H and O–H groups in total. The molecule has 0 spiro atoms. The molecule has 0 aliphatic carbocycles. The zero-order chi connectivity index (χ0) is 21.1. The van der Waals surface area contributed by atoms with E-state index in [1.807, 2.05) is 61.5 Å². The van der Waals surface area contributed by atoms with Crippen LogP contribution in [0.1, 0.15) is 33.2 Å². The minimum absolute atomic E-state index is 0.234. The van der Waals surface area contributed by atoms with Gasteiger partial charge in [-0.15, -0.1) is 0 Å². The van der Waals surface area contributed by atoms with Crippen molar-refractivity contribution in [1.82, 2.24) is 4.98 Å². The largest absolute Gasteiger partial charge is 0.451 e. The monoisotopic (exact) mass is 395 g/mol. The first-order chi connectivity index (χ1) is 14.5. The Morgan fingerprint density at radius 3 is 2.23 bits per heavy atom. The Hall–Kier alpha value is -3.79. The van der Waals surface area contributed by atoms with Gasteiger partial charge in [0.05, 0.1) is 16.8 Å². The number of hydrogen-bond acceptors (Lipinski definition) is 4. The molecule has 0 amide bonds. The molecule has 0 bridgehead atoms. The lowest BCUT2D eigenvalue weighted by Crippen LogP contribution is -2.24. The summed E-state index contributed by atoms with van der Waals surface area (Å²) in [5.41, 5.74) is 4.21. The van der Waals surface area contributed by atoms with Gasteiger partial charge in [-0.1, -0.05) is 72.3 Å². The molecule has 4 nitrogen and oxygen atoms in total. The second-order valence-corrected chi connectivity index (χ2v) is 7.22. The van der Waals surface area contributed by atoms with E-state index < -0.39 is 12.1 Å². The highest BCUT2D eigenvalue weighted by Gasteiger charge is 2.22. The van der Waals surface area contributed by atoms with Crippen LogP contribution in [0, 0.1) is 6.92 Å². The van der Waals surface area contributed by atoms with Crippen molar-refractivity contribution in [2.75, 3.05) is 0 Å². The number of fused-ring (bicyclic) bond motifs is 1. The molecule has 4 aromatic rings. The van der Waals surface area contributed by atoms with Crippen LogP contribution in [-0.4, -0.2) is 22.8 Å². The number of aromatic nitrogens is 1. The van der Waals surface area contributed by atoms with Gasteiger partial charge in [0.25, 0.3) is 0 Å². The Labute approximate surface area is 175 Å². The third-order valence-electron chi connectivity index (χ3n) is 4.97. The Morgan fingerprint density at radius 2 is 1.53 bits per heavy atom. The molecule has 4 heteroatoms. The number of aryl methyl sites for hydroxylation is 1. The highest BCUT2D eigenvalue weighted by Crippen LogP contribution is 2.26. The van der Waals surface area contributed by atoms with Crippen LogP contribution in [-0.2, 0) is 4.74 Å². The summed E-state index contributed by atoms with van der Waals surface area (Å²) in [5, 5.41) is 0.707. The zero-order valence-corrected chi connectivity index (χ0v) is 16.8. The number of ketones is 1. The SMILES string of the molecule is Cc1ccc2nc(-c3ccccc3)cc(C(=O)O[C@H](C)C(=O)c3ccccc3)c2c1. The number of carbonyl (C=O) groups excluding carboxylic acids is 2. The highest BCUT2D eigenvalue weighted by molar-refractivity contribution is 6.07. The summed E-state index contributed by atoms with van der Waals surface area (Å²) in [5.74, 6) is -0.774. The molecule has 3 aromatic carbocycles. The molecule has 1 heterocycles. The lowest BCUT2D eigenvalue weighted by molar-refractivity contribution is 0.0320. The van der Waals surface area contributed by atoms with Crippen LogP contribution in [0.4, 0.5) is 0 Å². The van der Waals surface area contributed by atoms with Crippen molar-refractivity contribution >= 4 is 22.7 Å². The Kier molecular flexibility index (Phi) is 5.40. The topological polar surface area (TPSA) is 56.3 Å². The normalized spacial score (nSPS) is 11.8. The van der Waals surface area contributed by atoms with E-state index in [2.05, 4.69) is 0 Å². The predicted octanol–water partition coefficient (Wildman–Crippen LogP) is 5.64. The average molecular weight is 395 g/mol. The predicted molar refractivity (Wildman–Crippen MR) is 118 cm³/mol. The number of rotatable bonds is 5. The smallest absolute Gasteiger partial charge is 0.339 e. The summed E-state index contributed by atoms with van der Waals surface area (Å²) in [7, 11) is 0. The van der Waals surface area contributed by atoms with E-state index in [4.69, 9.17) is 9.72 Å². The van der Waals surface area contributed by atoms with E-state index in [1.54, 1.807) is 37.3 Å². The van der Waals surface area contributed by atoms with Crippen LogP contribution in [0.25, 0.3) is 22.2 Å². The van der Waals surface area contributed by atoms with Gasteiger partial charge in [-0.2, -0.15) is 0 Å². The van der Waals surface area contributed by atoms with Crippen LogP contribution in [0.2, 0.25) is 0 Å². The lowest BCUT2D eigenvalue weighted by Gasteiger charge is -2.15. The highest BCUT2D eigenvalue weighted by atomic mass is 16.5. The number of ether oxygens (including phenoxy) is 1. The van der Waals surface area contributed by atoms with E-state index in [1.165, 1.54) is 0 Å². The van der Waals surface area contributed by atoms with Crippen molar-refractivity contribution in [3.05, 3.63) is 102 Å². The molecule has 0 saturated heterocycles. The summed E-state index contributed by atoms with van der Waals surface area (Å²) in [6.45, 7) is 3.56.